The number of aromatic amines is 1. The first-order valence-corrected chi connectivity index (χ1v) is 9.88. The Balaban J connectivity index is 1.54. The van der Waals surface area contributed by atoms with Crippen molar-refractivity contribution in [2.45, 2.75) is 25.3 Å². The summed E-state index contributed by atoms with van der Waals surface area (Å²) in [4.78, 5) is 30.8. The number of H-pyrrole nitrogens is 1. The molecule has 1 saturated heterocycles. The smallest absolute Gasteiger partial charge is 0.249 e. The normalized spacial score (nSPS) is 15.0. The molecule has 1 aliphatic rings. The number of carbonyl (C=O) groups excluding carboxylic acids is 2. The quantitative estimate of drug-likeness (QED) is 0.689. The maximum Gasteiger partial charge on any atom is 0.249 e. The molecule has 1 aliphatic heterocycles. The topological polar surface area (TPSA) is 65.2 Å². The molecule has 6 heteroatoms. The van der Waals surface area contributed by atoms with Crippen LogP contribution in [0, 0.1) is 0 Å². The SMILES string of the molecule is O=C(Cc1c[nH]c2ccc(Cl)cc12)NC(C(=O)N1CCCC1)c1ccccc1. The third kappa shape index (κ3) is 3.90. The molecular weight excluding hydrogens is 374 g/mol. The van der Waals surface area contributed by atoms with Crippen LogP contribution in [0.5, 0.6) is 0 Å². The summed E-state index contributed by atoms with van der Waals surface area (Å²) < 4.78 is 0. The van der Waals surface area contributed by atoms with Gasteiger partial charge in [-0.2, -0.15) is 0 Å². The van der Waals surface area contributed by atoms with Crippen molar-refractivity contribution in [3.63, 3.8) is 0 Å². The summed E-state index contributed by atoms with van der Waals surface area (Å²) in [6, 6.07) is 14.3. The molecule has 1 unspecified atom stereocenters. The lowest BCUT2D eigenvalue weighted by Crippen LogP contribution is -2.42. The highest BCUT2D eigenvalue weighted by Crippen LogP contribution is 2.24. The summed E-state index contributed by atoms with van der Waals surface area (Å²) in [6.45, 7) is 1.50. The van der Waals surface area contributed by atoms with Gasteiger partial charge < -0.3 is 15.2 Å². The fourth-order valence-corrected chi connectivity index (χ4v) is 3.91. The third-order valence-corrected chi connectivity index (χ3v) is 5.42. The number of hydrogen-bond acceptors (Lipinski definition) is 2. The minimum Gasteiger partial charge on any atom is -0.361 e. The van der Waals surface area contributed by atoms with Crippen LogP contribution in [0.1, 0.15) is 30.0 Å². The molecule has 1 aromatic heterocycles. The molecule has 28 heavy (non-hydrogen) atoms. The lowest BCUT2D eigenvalue weighted by molar-refractivity contribution is -0.135. The average Bonchev–Trinajstić information content (AvgIpc) is 3.37. The zero-order valence-corrected chi connectivity index (χ0v) is 16.2. The Hall–Kier alpha value is -2.79. The first kappa shape index (κ1) is 18.6. The van der Waals surface area contributed by atoms with E-state index in [1.165, 1.54) is 0 Å². The van der Waals surface area contributed by atoms with Gasteiger partial charge in [-0.15, -0.1) is 0 Å². The van der Waals surface area contributed by atoms with E-state index in [9.17, 15) is 9.59 Å². The van der Waals surface area contributed by atoms with Crippen LogP contribution in [0.25, 0.3) is 10.9 Å². The maximum absolute atomic E-state index is 13.0. The molecule has 0 aliphatic carbocycles. The lowest BCUT2D eigenvalue weighted by atomic mass is 10.0. The molecule has 2 aromatic carbocycles. The van der Waals surface area contributed by atoms with Gasteiger partial charge in [0.25, 0.3) is 0 Å². The Morgan fingerprint density at radius 3 is 2.61 bits per heavy atom. The van der Waals surface area contributed by atoms with Gasteiger partial charge in [0.05, 0.1) is 6.42 Å². The molecule has 2 heterocycles. The Labute approximate surface area is 168 Å². The van der Waals surface area contributed by atoms with Crippen LogP contribution in [0.3, 0.4) is 0 Å². The number of halogens is 1. The number of nitrogens with one attached hydrogen (secondary N) is 2. The minimum atomic E-state index is -0.666. The highest BCUT2D eigenvalue weighted by Gasteiger charge is 2.29. The number of carbonyl (C=O) groups is 2. The number of benzene rings is 2. The van der Waals surface area contributed by atoms with Crippen LogP contribution in [0.15, 0.2) is 54.7 Å². The van der Waals surface area contributed by atoms with Crippen molar-refractivity contribution in [1.82, 2.24) is 15.2 Å². The van der Waals surface area contributed by atoms with Crippen molar-refractivity contribution >= 4 is 34.3 Å². The Morgan fingerprint density at radius 1 is 1.11 bits per heavy atom. The molecule has 0 bridgehead atoms. The van der Waals surface area contributed by atoms with Gasteiger partial charge in [-0.05, 0) is 42.2 Å². The number of fused-ring (bicyclic) bond motifs is 1. The van der Waals surface area contributed by atoms with E-state index >= 15 is 0 Å². The fraction of sp³-hybridized carbons (Fsp3) is 0.273. The summed E-state index contributed by atoms with van der Waals surface area (Å²) in [5, 5.41) is 4.50. The minimum absolute atomic E-state index is 0.0426. The molecule has 0 saturated carbocycles. The van der Waals surface area contributed by atoms with Gasteiger partial charge in [0, 0.05) is 35.2 Å². The van der Waals surface area contributed by atoms with Crippen LogP contribution in [0.2, 0.25) is 5.02 Å². The van der Waals surface area contributed by atoms with Crippen LogP contribution >= 0.6 is 11.6 Å². The van der Waals surface area contributed by atoms with Crippen LogP contribution in [-0.2, 0) is 16.0 Å². The van der Waals surface area contributed by atoms with Crippen molar-refractivity contribution in [2.24, 2.45) is 0 Å². The molecule has 1 fully saturated rings. The highest BCUT2D eigenvalue weighted by atomic mass is 35.5. The molecule has 3 aromatic rings. The van der Waals surface area contributed by atoms with E-state index in [0.717, 1.165) is 48.0 Å². The summed E-state index contributed by atoms with van der Waals surface area (Å²) in [5.41, 5.74) is 2.59. The molecule has 144 valence electrons. The van der Waals surface area contributed by atoms with Crippen molar-refractivity contribution in [3.8, 4) is 0 Å². The monoisotopic (exact) mass is 395 g/mol. The highest BCUT2D eigenvalue weighted by molar-refractivity contribution is 6.31. The van der Waals surface area contributed by atoms with Gasteiger partial charge in [-0.1, -0.05) is 41.9 Å². The molecule has 0 spiro atoms. The first-order chi connectivity index (χ1) is 13.6. The molecule has 5 nitrogen and oxygen atoms in total. The molecule has 2 N–H and O–H groups in total. The number of amides is 2. The molecule has 2 amide bonds. The van der Waals surface area contributed by atoms with E-state index in [-0.39, 0.29) is 18.2 Å². The first-order valence-electron chi connectivity index (χ1n) is 9.50. The van der Waals surface area contributed by atoms with Gasteiger partial charge >= 0.3 is 0 Å². The van der Waals surface area contributed by atoms with Gasteiger partial charge in [-0.25, -0.2) is 0 Å². The molecule has 4 rings (SSSR count). The van der Waals surface area contributed by atoms with Crippen molar-refractivity contribution < 1.29 is 9.59 Å². The second-order valence-corrected chi connectivity index (χ2v) is 7.56. The van der Waals surface area contributed by atoms with E-state index in [0.29, 0.717) is 5.02 Å². The van der Waals surface area contributed by atoms with E-state index in [1.54, 1.807) is 0 Å². The van der Waals surface area contributed by atoms with Crippen LogP contribution in [0.4, 0.5) is 0 Å². The van der Waals surface area contributed by atoms with Crippen LogP contribution in [-0.4, -0.2) is 34.8 Å². The van der Waals surface area contributed by atoms with Crippen molar-refractivity contribution in [3.05, 3.63) is 70.9 Å². The van der Waals surface area contributed by atoms with Gasteiger partial charge in [0.1, 0.15) is 6.04 Å². The van der Waals surface area contributed by atoms with E-state index in [4.69, 9.17) is 11.6 Å². The van der Waals surface area contributed by atoms with Crippen molar-refractivity contribution in [1.29, 1.82) is 0 Å². The summed E-state index contributed by atoms with van der Waals surface area (Å²) in [5.74, 6) is -0.235. The number of hydrogen-bond donors (Lipinski definition) is 2. The zero-order valence-electron chi connectivity index (χ0n) is 15.5. The second-order valence-electron chi connectivity index (χ2n) is 7.12. The fourth-order valence-electron chi connectivity index (χ4n) is 3.74. The molecule has 0 radical (unpaired) electrons. The van der Waals surface area contributed by atoms with E-state index < -0.39 is 6.04 Å². The van der Waals surface area contributed by atoms with E-state index in [1.807, 2.05) is 59.6 Å². The van der Waals surface area contributed by atoms with Gasteiger partial charge in [0.15, 0.2) is 0 Å². The summed E-state index contributed by atoms with van der Waals surface area (Å²) >= 11 is 6.10. The molecular formula is C22H22ClN3O2. The lowest BCUT2D eigenvalue weighted by Gasteiger charge is -2.24. The Kier molecular flexibility index (Phi) is 5.35. The zero-order chi connectivity index (χ0) is 19.5. The van der Waals surface area contributed by atoms with Gasteiger partial charge in [0.2, 0.25) is 11.8 Å². The second kappa shape index (κ2) is 8.07. The predicted molar refractivity (Wildman–Crippen MR) is 110 cm³/mol. The Morgan fingerprint density at radius 2 is 1.86 bits per heavy atom. The van der Waals surface area contributed by atoms with Gasteiger partial charge in [-0.3, -0.25) is 9.59 Å². The predicted octanol–water partition coefficient (Wildman–Crippen LogP) is 3.84. The molecule has 1 atom stereocenters. The number of likely N-dealkylation sites (tertiary alicyclic amines) is 1. The number of aromatic nitrogens is 1. The average molecular weight is 396 g/mol. The summed E-state index contributed by atoms with van der Waals surface area (Å²) in [7, 11) is 0. The van der Waals surface area contributed by atoms with Crippen LogP contribution < -0.4 is 5.32 Å². The third-order valence-electron chi connectivity index (χ3n) is 5.18. The van der Waals surface area contributed by atoms with E-state index in [2.05, 4.69) is 10.3 Å². The number of rotatable bonds is 5. The largest absolute Gasteiger partial charge is 0.361 e. The summed E-state index contributed by atoms with van der Waals surface area (Å²) in [6.07, 6.45) is 4.02. The number of nitrogens with zero attached hydrogens (tertiary/aromatic N) is 1. The van der Waals surface area contributed by atoms with Crippen molar-refractivity contribution in [2.75, 3.05) is 13.1 Å². The standard InChI is InChI=1S/C22H22ClN3O2/c23-17-8-9-19-18(13-17)16(14-24-19)12-20(27)25-21(15-6-2-1-3-7-15)22(28)26-10-4-5-11-26/h1-3,6-9,13-14,21,24H,4-5,10-12H2,(H,25,27). The maximum atomic E-state index is 13.0. The Bertz CT molecular complexity index is 993.